The molecule has 0 heterocycles. The van der Waals surface area contributed by atoms with Crippen molar-refractivity contribution in [2.24, 2.45) is 5.92 Å². The maximum Gasteiger partial charge on any atom is 0.221 e. The van der Waals surface area contributed by atoms with Crippen LogP contribution in [0.1, 0.15) is 52.0 Å². The van der Waals surface area contributed by atoms with Crippen molar-refractivity contribution >= 4 is 11.6 Å². The van der Waals surface area contributed by atoms with Crippen molar-refractivity contribution in [2.45, 2.75) is 53.0 Å². The van der Waals surface area contributed by atoms with Gasteiger partial charge < -0.3 is 10.6 Å². The minimum absolute atomic E-state index is 0.0300. The molecule has 1 aromatic rings. The minimum Gasteiger partial charge on any atom is -0.326 e. The van der Waals surface area contributed by atoms with E-state index in [1.807, 2.05) is 12.1 Å². The third-order valence-corrected chi connectivity index (χ3v) is 3.58. The largest absolute Gasteiger partial charge is 0.326 e. The quantitative estimate of drug-likeness (QED) is 0.717. The smallest absolute Gasteiger partial charge is 0.221 e. The topological polar surface area (TPSA) is 41.1 Å². The van der Waals surface area contributed by atoms with Crippen molar-refractivity contribution in [1.29, 1.82) is 0 Å². The molecule has 1 unspecified atom stereocenters. The van der Waals surface area contributed by atoms with Gasteiger partial charge in [-0.05, 0) is 36.6 Å². The maximum absolute atomic E-state index is 10.9. The zero-order valence-electron chi connectivity index (χ0n) is 13.0. The molecule has 112 valence electrons. The van der Waals surface area contributed by atoms with E-state index >= 15 is 0 Å². The van der Waals surface area contributed by atoms with E-state index in [2.05, 4.69) is 36.6 Å². The number of rotatable bonds is 9. The molecule has 0 aliphatic heterocycles. The number of unbranched alkanes of at least 4 members (excludes halogenated alkanes) is 1. The molecule has 0 spiro atoms. The molecule has 0 saturated carbocycles. The lowest BCUT2D eigenvalue weighted by Crippen LogP contribution is -2.22. The molecule has 0 aliphatic carbocycles. The fourth-order valence-corrected chi connectivity index (χ4v) is 2.27. The second-order valence-electron chi connectivity index (χ2n) is 5.43. The van der Waals surface area contributed by atoms with Crippen LogP contribution in [-0.2, 0) is 11.3 Å². The molecule has 1 rings (SSSR count). The highest BCUT2D eigenvalue weighted by Gasteiger charge is 2.05. The van der Waals surface area contributed by atoms with Gasteiger partial charge in [0.1, 0.15) is 0 Å². The van der Waals surface area contributed by atoms with Gasteiger partial charge in [0, 0.05) is 19.2 Å². The first-order valence-corrected chi connectivity index (χ1v) is 7.73. The number of nitrogens with one attached hydrogen (secondary N) is 2. The van der Waals surface area contributed by atoms with E-state index in [1.165, 1.54) is 38.2 Å². The zero-order valence-corrected chi connectivity index (χ0v) is 13.0. The molecule has 0 aromatic heterocycles. The first kappa shape index (κ1) is 16.7. The Morgan fingerprint density at radius 1 is 1.20 bits per heavy atom. The molecule has 0 radical (unpaired) electrons. The summed E-state index contributed by atoms with van der Waals surface area (Å²) in [6.07, 6.45) is 5.17. The summed E-state index contributed by atoms with van der Waals surface area (Å²) < 4.78 is 0. The number of hydrogen-bond donors (Lipinski definition) is 2. The average molecular weight is 276 g/mol. The first-order valence-electron chi connectivity index (χ1n) is 7.73. The lowest BCUT2D eigenvalue weighted by atomic mass is 9.99. The summed E-state index contributed by atoms with van der Waals surface area (Å²) in [5.41, 5.74) is 2.11. The van der Waals surface area contributed by atoms with Gasteiger partial charge in [-0.15, -0.1) is 0 Å². The van der Waals surface area contributed by atoms with Gasteiger partial charge in [-0.1, -0.05) is 45.2 Å². The number of hydrogen-bond acceptors (Lipinski definition) is 2. The summed E-state index contributed by atoms with van der Waals surface area (Å²) in [6.45, 7) is 8.02. The number of carbonyl (C=O) groups excluding carboxylic acids is 1. The monoisotopic (exact) mass is 276 g/mol. The molecule has 1 aromatic carbocycles. The van der Waals surface area contributed by atoms with Gasteiger partial charge in [0.2, 0.25) is 5.91 Å². The standard InChI is InChI=1S/C17H28N2O/c1-4-6-7-15(5-2)12-18-13-16-8-10-17(11-9-16)19-14(3)20/h8-11,15,18H,4-7,12-13H2,1-3H3,(H,19,20). The van der Waals surface area contributed by atoms with Crippen molar-refractivity contribution in [3.05, 3.63) is 29.8 Å². The number of benzene rings is 1. The van der Waals surface area contributed by atoms with Crippen LogP contribution < -0.4 is 10.6 Å². The molecule has 20 heavy (non-hydrogen) atoms. The van der Waals surface area contributed by atoms with Crippen molar-refractivity contribution in [3.8, 4) is 0 Å². The molecule has 0 bridgehead atoms. The van der Waals surface area contributed by atoms with Crippen LogP contribution in [0, 0.1) is 5.92 Å². The molecule has 2 N–H and O–H groups in total. The SMILES string of the molecule is CCCCC(CC)CNCc1ccc(NC(C)=O)cc1. The lowest BCUT2D eigenvalue weighted by Gasteiger charge is -2.15. The normalized spacial score (nSPS) is 12.2. The predicted octanol–water partition coefficient (Wildman–Crippen LogP) is 3.95. The van der Waals surface area contributed by atoms with Crippen LogP contribution in [0.3, 0.4) is 0 Å². The third-order valence-electron chi connectivity index (χ3n) is 3.58. The van der Waals surface area contributed by atoms with Crippen LogP contribution in [0.25, 0.3) is 0 Å². The van der Waals surface area contributed by atoms with E-state index in [0.29, 0.717) is 0 Å². The van der Waals surface area contributed by atoms with Gasteiger partial charge in [-0.3, -0.25) is 4.79 Å². The Balaban J connectivity index is 2.32. The average Bonchev–Trinajstić information content (AvgIpc) is 2.44. The van der Waals surface area contributed by atoms with Crippen LogP contribution in [0.4, 0.5) is 5.69 Å². The number of anilines is 1. The Morgan fingerprint density at radius 2 is 1.90 bits per heavy atom. The summed E-state index contributed by atoms with van der Waals surface area (Å²) in [6, 6.07) is 8.02. The number of amides is 1. The third kappa shape index (κ3) is 6.71. The fourth-order valence-electron chi connectivity index (χ4n) is 2.27. The molecule has 0 fully saturated rings. The van der Waals surface area contributed by atoms with E-state index in [0.717, 1.165) is 24.7 Å². The van der Waals surface area contributed by atoms with Gasteiger partial charge in [-0.25, -0.2) is 0 Å². The van der Waals surface area contributed by atoms with E-state index < -0.39 is 0 Å². The lowest BCUT2D eigenvalue weighted by molar-refractivity contribution is -0.114. The van der Waals surface area contributed by atoms with Crippen LogP contribution in [-0.4, -0.2) is 12.5 Å². The zero-order chi connectivity index (χ0) is 14.8. The van der Waals surface area contributed by atoms with Crippen LogP contribution in [0.15, 0.2) is 24.3 Å². The Labute approximate surface area is 123 Å². The van der Waals surface area contributed by atoms with Crippen LogP contribution in [0.5, 0.6) is 0 Å². The highest BCUT2D eigenvalue weighted by Crippen LogP contribution is 2.12. The molecule has 1 amide bonds. The minimum atomic E-state index is -0.0300. The van der Waals surface area contributed by atoms with Gasteiger partial charge in [0.25, 0.3) is 0 Å². The number of carbonyl (C=O) groups is 1. The molecular weight excluding hydrogens is 248 g/mol. The van der Waals surface area contributed by atoms with Crippen molar-refractivity contribution in [2.75, 3.05) is 11.9 Å². The van der Waals surface area contributed by atoms with E-state index in [-0.39, 0.29) is 5.91 Å². The molecule has 1 atom stereocenters. The molecule has 0 aliphatic rings. The van der Waals surface area contributed by atoms with Gasteiger partial charge >= 0.3 is 0 Å². The highest BCUT2D eigenvalue weighted by atomic mass is 16.1. The molecule has 0 saturated heterocycles. The predicted molar refractivity (Wildman–Crippen MR) is 85.8 cm³/mol. The van der Waals surface area contributed by atoms with Gasteiger partial charge in [0.05, 0.1) is 0 Å². The van der Waals surface area contributed by atoms with Crippen molar-refractivity contribution in [3.63, 3.8) is 0 Å². The summed E-state index contributed by atoms with van der Waals surface area (Å²) in [4.78, 5) is 10.9. The fraction of sp³-hybridized carbons (Fsp3) is 0.588. The maximum atomic E-state index is 10.9. The first-order chi connectivity index (χ1) is 9.65. The van der Waals surface area contributed by atoms with Crippen LogP contribution in [0.2, 0.25) is 0 Å². The Morgan fingerprint density at radius 3 is 2.45 bits per heavy atom. The molecule has 3 heteroatoms. The Bertz CT molecular complexity index is 386. The Kier molecular flexibility index (Phi) is 7.97. The van der Waals surface area contributed by atoms with Crippen molar-refractivity contribution < 1.29 is 4.79 Å². The van der Waals surface area contributed by atoms with E-state index in [4.69, 9.17) is 0 Å². The van der Waals surface area contributed by atoms with Crippen LogP contribution >= 0.6 is 0 Å². The van der Waals surface area contributed by atoms with Gasteiger partial charge in [0.15, 0.2) is 0 Å². The van der Waals surface area contributed by atoms with E-state index in [1.54, 1.807) is 0 Å². The van der Waals surface area contributed by atoms with E-state index in [9.17, 15) is 4.79 Å². The summed E-state index contributed by atoms with van der Waals surface area (Å²) in [5, 5.41) is 6.31. The highest BCUT2D eigenvalue weighted by molar-refractivity contribution is 5.88. The molecule has 3 nitrogen and oxygen atoms in total. The summed E-state index contributed by atoms with van der Waals surface area (Å²) in [7, 11) is 0. The second kappa shape index (κ2) is 9.54. The summed E-state index contributed by atoms with van der Waals surface area (Å²) in [5.74, 6) is 0.756. The summed E-state index contributed by atoms with van der Waals surface area (Å²) >= 11 is 0. The molecular formula is C17H28N2O. The van der Waals surface area contributed by atoms with Crippen molar-refractivity contribution in [1.82, 2.24) is 5.32 Å². The second-order valence-corrected chi connectivity index (χ2v) is 5.43. The Hall–Kier alpha value is -1.35. The van der Waals surface area contributed by atoms with Gasteiger partial charge in [-0.2, -0.15) is 0 Å².